The highest BCUT2D eigenvalue weighted by Gasteiger charge is 2.36. The van der Waals surface area contributed by atoms with E-state index in [9.17, 15) is 0 Å². The van der Waals surface area contributed by atoms with Gasteiger partial charge in [-0.15, -0.1) is 0 Å². The molecule has 2 unspecified atom stereocenters. The highest BCUT2D eigenvalue weighted by Crippen LogP contribution is 2.34. The molecule has 0 radical (unpaired) electrons. The summed E-state index contributed by atoms with van der Waals surface area (Å²) in [6.45, 7) is 2.29. The first-order valence-electron chi connectivity index (χ1n) is 4.26. The van der Waals surface area contributed by atoms with Crippen molar-refractivity contribution >= 4 is 0 Å². The van der Waals surface area contributed by atoms with Crippen LogP contribution in [0, 0.1) is 5.92 Å². The lowest BCUT2D eigenvalue weighted by molar-refractivity contribution is 0.0893. The number of hydrogen-bond acceptors (Lipinski definition) is 2. The molecule has 1 aliphatic carbocycles. The minimum Gasteiger partial charge on any atom is -0.252 e. The van der Waals surface area contributed by atoms with Crippen molar-refractivity contribution in [2.45, 2.75) is 38.3 Å². The second kappa shape index (κ2) is 2.21. The maximum absolute atomic E-state index is 3.47. The van der Waals surface area contributed by atoms with E-state index < -0.39 is 0 Å². The van der Waals surface area contributed by atoms with Crippen LogP contribution in [0.1, 0.15) is 26.2 Å². The largest absolute Gasteiger partial charge is 0.252 e. The van der Waals surface area contributed by atoms with Crippen molar-refractivity contribution < 1.29 is 0 Å². The quantitative estimate of drug-likeness (QED) is 0.540. The maximum Gasteiger partial charge on any atom is 0.0243 e. The fraction of sp³-hybridized carbons (Fsp3) is 1.00. The zero-order valence-corrected chi connectivity index (χ0v) is 6.80. The third kappa shape index (κ3) is 0.867. The zero-order chi connectivity index (χ0) is 7.14. The summed E-state index contributed by atoms with van der Waals surface area (Å²) in [4.78, 5) is 0. The van der Waals surface area contributed by atoms with Crippen molar-refractivity contribution in [1.29, 1.82) is 0 Å². The SMILES string of the molecule is C[C@@H]1NN(C)C2CCC1C2. The lowest BCUT2D eigenvalue weighted by Crippen LogP contribution is -2.51. The Balaban J connectivity index is 2.09. The van der Waals surface area contributed by atoms with E-state index >= 15 is 0 Å². The van der Waals surface area contributed by atoms with Gasteiger partial charge in [-0.05, 0) is 32.1 Å². The predicted octanol–water partition coefficient (Wildman–Crippen LogP) is 0.994. The summed E-state index contributed by atoms with van der Waals surface area (Å²) in [6.07, 6.45) is 4.26. The fourth-order valence-corrected chi connectivity index (χ4v) is 2.33. The van der Waals surface area contributed by atoms with Crippen LogP contribution in [-0.4, -0.2) is 24.1 Å². The van der Waals surface area contributed by atoms with Crippen LogP contribution < -0.4 is 5.43 Å². The van der Waals surface area contributed by atoms with Crippen molar-refractivity contribution in [3.8, 4) is 0 Å². The highest BCUT2D eigenvalue weighted by molar-refractivity contribution is 4.89. The Bertz CT molecular complexity index is 121. The summed E-state index contributed by atoms with van der Waals surface area (Å²) >= 11 is 0. The van der Waals surface area contributed by atoms with Crippen LogP contribution in [0.2, 0.25) is 0 Å². The van der Waals surface area contributed by atoms with Gasteiger partial charge >= 0.3 is 0 Å². The third-order valence-electron chi connectivity index (χ3n) is 3.11. The first-order chi connectivity index (χ1) is 4.77. The minimum atomic E-state index is 0.712. The van der Waals surface area contributed by atoms with Crippen LogP contribution in [0.3, 0.4) is 0 Å². The summed E-state index contributed by atoms with van der Waals surface area (Å²) in [5.41, 5.74) is 3.47. The van der Waals surface area contributed by atoms with E-state index in [1.165, 1.54) is 19.3 Å². The Hall–Kier alpha value is -0.0800. The molecule has 2 bridgehead atoms. The van der Waals surface area contributed by atoms with Crippen molar-refractivity contribution in [3.05, 3.63) is 0 Å². The van der Waals surface area contributed by atoms with E-state index in [1.54, 1.807) is 0 Å². The Kier molecular flexibility index (Phi) is 1.46. The van der Waals surface area contributed by atoms with Crippen molar-refractivity contribution in [3.63, 3.8) is 0 Å². The van der Waals surface area contributed by atoms with Gasteiger partial charge in [-0.1, -0.05) is 0 Å². The van der Waals surface area contributed by atoms with E-state index in [1.807, 2.05) is 0 Å². The minimum absolute atomic E-state index is 0.712. The van der Waals surface area contributed by atoms with E-state index in [-0.39, 0.29) is 0 Å². The van der Waals surface area contributed by atoms with Crippen molar-refractivity contribution in [1.82, 2.24) is 10.4 Å². The second-order valence-electron chi connectivity index (χ2n) is 3.76. The van der Waals surface area contributed by atoms with Gasteiger partial charge in [0.05, 0.1) is 0 Å². The summed E-state index contributed by atoms with van der Waals surface area (Å²) in [6, 6.07) is 1.55. The van der Waals surface area contributed by atoms with Crippen molar-refractivity contribution in [2.24, 2.45) is 5.92 Å². The molecule has 3 atom stereocenters. The molecule has 1 saturated heterocycles. The molecule has 2 fully saturated rings. The van der Waals surface area contributed by atoms with Crippen LogP contribution in [0.4, 0.5) is 0 Å². The van der Waals surface area contributed by atoms with E-state index in [0.29, 0.717) is 6.04 Å². The van der Waals surface area contributed by atoms with Gasteiger partial charge in [-0.25, -0.2) is 5.01 Å². The molecule has 0 amide bonds. The molecular weight excluding hydrogens is 124 g/mol. The summed E-state index contributed by atoms with van der Waals surface area (Å²) < 4.78 is 0. The maximum atomic E-state index is 3.47. The molecule has 58 valence electrons. The van der Waals surface area contributed by atoms with Gasteiger partial charge in [0.1, 0.15) is 0 Å². The van der Waals surface area contributed by atoms with E-state index in [0.717, 1.165) is 12.0 Å². The molecule has 0 aromatic carbocycles. The molecule has 0 aromatic heterocycles. The van der Waals surface area contributed by atoms with Crippen LogP contribution in [0.5, 0.6) is 0 Å². The molecule has 0 aromatic rings. The number of rotatable bonds is 0. The first kappa shape index (κ1) is 6.62. The van der Waals surface area contributed by atoms with E-state index in [2.05, 4.69) is 24.4 Å². The summed E-state index contributed by atoms with van der Waals surface area (Å²) in [7, 11) is 2.17. The zero-order valence-electron chi connectivity index (χ0n) is 6.80. The van der Waals surface area contributed by atoms with Gasteiger partial charge < -0.3 is 0 Å². The normalized spacial score (nSPS) is 48.0. The average molecular weight is 140 g/mol. The number of fused-ring (bicyclic) bond motifs is 2. The standard InChI is InChI=1S/C8H16N2/c1-6-7-3-4-8(5-7)10(2)9-6/h6-9H,3-5H2,1-2H3/t6-,7?,8?/m0/s1. The molecular formula is C8H16N2. The third-order valence-corrected chi connectivity index (χ3v) is 3.11. The molecule has 1 N–H and O–H groups in total. The molecule has 10 heavy (non-hydrogen) atoms. The summed E-state index contributed by atoms with van der Waals surface area (Å²) in [5.74, 6) is 0.959. The monoisotopic (exact) mass is 140 g/mol. The average Bonchev–Trinajstić information content (AvgIpc) is 2.28. The summed E-state index contributed by atoms with van der Waals surface area (Å²) in [5, 5.41) is 2.30. The Morgan fingerprint density at radius 3 is 3.00 bits per heavy atom. The van der Waals surface area contributed by atoms with Crippen LogP contribution in [0.15, 0.2) is 0 Å². The topological polar surface area (TPSA) is 15.3 Å². The predicted molar refractivity (Wildman–Crippen MR) is 41.5 cm³/mol. The molecule has 2 aliphatic rings. The Morgan fingerprint density at radius 1 is 1.40 bits per heavy atom. The van der Waals surface area contributed by atoms with Gasteiger partial charge in [0.25, 0.3) is 0 Å². The number of hydrogen-bond donors (Lipinski definition) is 1. The Labute approximate surface area is 62.6 Å². The second-order valence-corrected chi connectivity index (χ2v) is 3.76. The molecule has 2 heteroatoms. The molecule has 1 aliphatic heterocycles. The van der Waals surface area contributed by atoms with Gasteiger partial charge in [0.2, 0.25) is 0 Å². The highest BCUT2D eigenvalue weighted by atomic mass is 15.5. The van der Waals surface area contributed by atoms with Crippen LogP contribution in [-0.2, 0) is 0 Å². The van der Waals surface area contributed by atoms with Gasteiger partial charge in [0, 0.05) is 19.1 Å². The van der Waals surface area contributed by atoms with Crippen LogP contribution in [0.25, 0.3) is 0 Å². The lowest BCUT2D eigenvalue weighted by Gasteiger charge is -2.35. The molecule has 0 spiro atoms. The van der Waals surface area contributed by atoms with Crippen LogP contribution >= 0.6 is 0 Å². The van der Waals surface area contributed by atoms with Gasteiger partial charge in [-0.3, -0.25) is 5.43 Å². The van der Waals surface area contributed by atoms with Gasteiger partial charge in [-0.2, -0.15) is 0 Å². The molecule has 1 saturated carbocycles. The number of hydrazine groups is 1. The first-order valence-corrected chi connectivity index (χ1v) is 4.26. The fourth-order valence-electron chi connectivity index (χ4n) is 2.33. The Morgan fingerprint density at radius 2 is 2.20 bits per heavy atom. The molecule has 2 rings (SSSR count). The smallest absolute Gasteiger partial charge is 0.0243 e. The number of nitrogens with one attached hydrogen (secondary N) is 1. The van der Waals surface area contributed by atoms with E-state index in [4.69, 9.17) is 0 Å². The van der Waals surface area contributed by atoms with Crippen molar-refractivity contribution in [2.75, 3.05) is 7.05 Å². The van der Waals surface area contributed by atoms with Gasteiger partial charge in [0.15, 0.2) is 0 Å². The molecule has 2 nitrogen and oxygen atoms in total. The lowest BCUT2D eigenvalue weighted by atomic mass is 9.98. The molecule has 1 heterocycles. The number of nitrogens with zero attached hydrogens (tertiary/aromatic N) is 1.